The van der Waals surface area contributed by atoms with E-state index >= 15 is 0 Å². The van der Waals surface area contributed by atoms with E-state index < -0.39 is 0 Å². The van der Waals surface area contributed by atoms with E-state index in [9.17, 15) is 4.79 Å². The van der Waals surface area contributed by atoms with Gasteiger partial charge in [0, 0.05) is 6.42 Å². The van der Waals surface area contributed by atoms with Crippen LogP contribution in [0, 0.1) is 0 Å². The molecular weight excluding hydrogens is 196 g/mol. The number of rotatable bonds is 7. The van der Waals surface area contributed by atoms with Gasteiger partial charge in [0.05, 0.1) is 0 Å². The third-order valence-corrected chi connectivity index (χ3v) is 2.60. The lowest BCUT2D eigenvalue weighted by atomic mass is 9.91. The Morgan fingerprint density at radius 1 is 1.25 bits per heavy atom. The van der Waals surface area contributed by atoms with Crippen LogP contribution in [0.25, 0.3) is 0 Å². The van der Waals surface area contributed by atoms with Gasteiger partial charge < -0.3 is 4.79 Å². The Bertz CT molecular complexity index is 338. The molecule has 0 aliphatic heterocycles. The van der Waals surface area contributed by atoms with Crippen molar-refractivity contribution >= 4 is 6.29 Å². The minimum atomic E-state index is 0.433. The second-order valence-electron chi connectivity index (χ2n) is 3.75. The van der Waals surface area contributed by atoms with E-state index in [2.05, 4.69) is 24.8 Å². The average Bonchev–Trinajstić information content (AvgIpc) is 2.35. The fourth-order valence-electron chi connectivity index (χ4n) is 1.75. The number of allylic oxidation sites excluding steroid dienone is 3. The van der Waals surface area contributed by atoms with Crippen LogP contribution in [0.5, 0.6) is 0 Å². The minimum absolute atomic E-state index is 0.433. The van der Waals surface area contributed by atoms with Gasteiger partial charge in [0.1, 0.15) is 6.29 Å². The van der Waals surface area contributed by atoms with Gasteiger partial charge >= 0.3 is 0 Å². The summed E-state index contributed by atoms with van der Waals surface area (Å²) >= 11 is 0. The van der Waals surface area contributed by atoms with Gasteiger partial charge in [0.2, 0.25) is 0 Å². The van der Waals surface area contributed by atoms with Crippen LogP contribution in [-0.4, -0.2) is 6.29 Å². The maximum absolute atomic E-state index is 10.4. The standard InChI is InChI=1S/C15H18O/c1-2-3-5-9-15(12-8-13-16)14-10-6-4-7-11-14/h2-7,10-11,13,15H,1,8-9,12H2/b5-3+/t15-/m0/s1. The molecule has 16 heavy (non-hydrogen) atoms. The summed E-state index contributed by atoms with van der Waals surface area (Å²) in [6.07, 6.45) is 9.33. The van der Waals surface area contributed by atoms with Gasteiger partial charge in [-0.15, -0.1) is 0 Å². The molecule has 0 spiro atoms. The third kappa shape index (κ3) is 4.26. The Balaban J connectivity index is 2.66. The molecule has 0 bridgehead atoms. The Labute approximate surface area is 97.5 Å². The molecule has 1 aromatic carbocycles. The fourth-order valence-corrected chi connectivity index (χ4v) is 1.75. The molecule has 0 amide bonds. The van der Waals surface area contributed by atoms with E-state index in [1.54, 1.807) is 6.08 Å². The molecule has 0 saturated heterocycles. The molecule has 1 nitrogen and oxygen atoms in total. The first-order chi connectivity index (χ1) is 7.88. The van der Waals surface area contributed by atoms with E-state index in [1.807, 2.05) is 24.3 Å². The summed E-state index contributed by atoms with van der Waals surface area (Å²) in [6, 6.07) is 10.3. The maximum atomic E-state index is 10.4. The van der Waals surface area contributed by atoms with Crippen molar-refractivity contribution in [3.8, 4) is 0 Å². The molecule has 0 aliphatic carbocycles. The number of hydrogen-bond acceptors (Lipinski definition) is 1. The van der Waals surface area contributed by atoms with Crippen molar-refractivity contribution < 1.29 is 4.79 Å². The van der Waals surface area contributed by atoms with Crippen molar-refractivity contribution in [2.24, 2.45) is 0 Å². The van der Waals surface area contributed by atoms with Crippen LogP contribution in [0.4, 0.5) is 0 Å². The highest BCUT2D eigenvalue weighted by atomic mass is 16.1. The smallest absolute Gasteiger partial charge is 0.120 e. The first kappa shape index (κ1) is 12.4. The van der Waals surface area contributed by atoms with Gasteiger partial charge in [0.25, 0.3) is 0 Å². The van der Waals surface area contributed by atoms with Crippen molar-refractivity contribution in [2.45, 2.75) is 25.2 Å². The molecule has 0 saturated carbocycles. The summed E-state index contributed by atoms with van der Waals surface area (Å²) in [6.45, 7) is 3.65. The Morgan fingerprint density at radius 2 is 2.00 bits per heavy atom. The van der Waals surface area contributed by atoms with Gasteiger partial charge in [-0.3, -0.25) is 0 Å². The molecule has 0 fully saturated rings. The highest BCUT2D eigenvalue weighted by Crippen LogP contribution is 2.24. The molecule has 0 heterocycles. The number of hydrogen-bond donors (Lipinski definition) is 0. The van der Waals surface area contributed by atoms with Gasteiger partial charge in [-0.2, -0.15) is 0 Å². The summed E-state index contributed by atoms with van der Waals surface area (Å²) in [4.78, 5) is 10.4. The van der Waals surface area contributed by atoms with Crippen LogP contribution in [-0.2, 0) is 4.79 Å². The van der Waals surface area contributed by atoms with Gasteiger partial charge in [-0.25, -0.2) is 0 Å². The topological polar surface area (TPSA) is 17.1 Å². The molecule has 1 aromatic rings. The first-order valence-electron chi connectivity index (χ1n) is 5.64. The van der Waals surface area contributed by atoms with Crippen molar-refractivity contribution in [1.29, 1.82) is 0 Å². The predicted octanol–water partition coefficient (Wildman–Crippen LogP) is 3.88. The lowest BCUT2D eigenvalue weighted by Gasteiger charge is -2.13. The molecule has 84 valence electrons. The van der Waals surface area contributed by atoms with Crippen molar-refractivity contribution in [1.82, 2.24) is 0 Å². The fraction of sp³-hybridized carbons (Fsp3) is 0.267. The van der Waals surface area contributed by atoms with E-state index in [4.69, 9.17) is 0 Å². The Morgan fingerprint density at radius 3 is 2.62 bits per heavy atom. The quantitative estimate of drug-likeness (QED) is 0.497. The zero-order chi connectivity index (χ0) is 11.6. The molecule has 1 rings (SSSR count). The maximum Gasteiger partial charge on any atom is 0.120 e. The molecule has 0 aromatic heterocycles. The van der Waals surface area contributed by atoms with Crippen LogP contribution in [0.2, 0.25) is 0 Å². The van der Waals surface area contributed by atoms with Gasteiger partial charge in [-0.05, 0) is 24.3 Å². The largest absolute Gasteiger partial charge is 0.303 e. The SMILES string of the molecule is C=C/C=C/C[C@@H](CCC=O)c1ccccc1. The predicted molar refractivity (Wildman–Crippen MR) is 68.4 cm³/mol. The highest BCUT2D eigenvalue weighted by Gasteiger charge is 2.08. The Hall–Kier alpha value is -1.63. The highest BCUT2D eigenvalue weighted by molar-refractivity contribution is 5.49. The molecule has 1 heteroatoms. The van der Waals surface area contributed by atoms with Crippen LogP contribution in [0.1, 0.15) is 30.7 Å². The zero-order valence-electron chi connectivity index (χ0n) is 9.51. The van der Waals surface area contributed by atoms with Gasteiger partial charge in [-0.1, -0.05) is 55.1 Å². The number of carbonyl (C=O) groups excluding carboxylic acids is 1. The number of aldehydes is 1. The lowest BCUT2D eigenvalue weighted by molar-refractivity contribution is -0.108. The van der Waals surface area contributed by atoms with Crippen LogP contribution < -0.4 is 0 Å². The second-order valence-corrected chi connectivity index (χ2v) is 3.75. The van der Waals surface area contributed by atoms with Crippen LogP contribution >= 0.6 is 0 Å². The van der Waals surface area contributed by atoms with Crippen LogP contribution in [0.15, 0.2) is 55.1 Å². The molecule has 1 atom stereocenters. The average molecular weight is 214 g/mol. The molecular formula is C15H18O. The number of benzene rings is 1. The van der Waals surface area contributed by atoms with E-state index in [0.717, 1.165) is 19.1 Å². The van der Waals surface area contributed by atoms with Crippen molar-refractivity contribution in [3.05, 3.63) is 60.7 Å². The molecule has 0 radical (unpaired) electrons. The van der Waals surface area contributed by atoms with Crippen molar-refractivity contribution in [3.63, 3.8) is 0 Å². The summed E-state index contributed by atoms with van der Waals surface area (Å²) in [5.74, 6) is 0.433. The third-order valence-electron chi connectivity index (χ3n) is 2.60. The monoisotopic (exact) mass is 214 g/mol. The van der Waals surface area contributed by atoms with Gasteiger partial charge in [0.15, 0.2) is 0 Å². The summed E-state index contributed by atoms with van der Waals surface area (Å²) < 4.78 is 0. The summed E-state index contributed by atoms with van der Waals surface area (Å²) in [5, 5.41) is 0. The van der Waals surface area contributed by atoms with E-state index in [0.29, 0.717) is 12.3 Å². The minimum Gasteiger partial charge on any atom is -0.303 e. The zero-order valence-corrected chi connectivity index (χ0v) is 9.51. The molecule has 0 unspecified atom stereocenters. The number of carbonyl (C=O) groups is 1. The van der Waals surface area contributed by atoms with Crippen LogP contribution in [0.3, 0.4) is 0 Å². The summed E-state index contributed by atoms with van der Waals surface area (Å²) in [5.41, 5.74) is 1.30. The normalized spacial score (nSPS) is 12.5. The molecule has 0 aliphatic rings. The van der Waals surface area contributed by atoms with Crippen molar-refractivity contribution in [2.75, 3.05) is 0 Å². The lowest BCUT2D eigenvalue weighted by Crippen LogP contribution is -1.98. The first-order valence-corrected chi connectivity index (χ1v) is 5.64. The van der Waals surface area contributed by atoms with E-state index in [-0.39, 0.29) is 0 Å². The molecule has 0 N–H and O–H groups in total. The second kappa shape index (κ2) is 7.63. The Kier molecular flexibility index (Phi) is 5.94. The van der Waals surface area contributed by atoms with E-state index in [1.165, 1.54) is 5.56 Å². The summed E-state index contributed by atoms with van der Waals surface area (Å²) in [7, 11) is 0.